The molecule has 4 N–H and O–H groups in total. The molecule has 1 aliphatic heterocycles. The van der Waals surface area contributed by atoms with Gasteiger partial charge in [0.2, 0.25) is 17.7 Å². The number of benzene rings is 1. The van der Waals surface area contributed by atoms with E-state index >= 15 is 0 Å². The smallest absolute Gasteiger partial charge is 0.251 e. The second-order valence-electron chi connectivity index (χ2n) is 7.01. The lowest BCUT2D eigenvalue weighted by Crippen LogP contribution is -2.53. The lowest BCUT2D eigenvalue weighted by atomic mass is 10.1. The minimum Gasteiger partial charge on any atom is -0.353 e. The number of rotatable bonds is 9. The quantitative estimate of drug-likeness (QED) is 0.446. The van der Waals surface area contributed by atoms with E-state index in [9.17, 15) is 19.2 Å². The summed E-state index contributed by atoms with van der Waals surface area (Å²) >= 11 is 0. The van der Waals surface area contributed by atoms with Crippen LogP contribution in [0.25, 0.3) is 0 Å². The molecule has 0 aliphatic carbocycles. The van der Waals surface area contributed by atoms with Gasteiger partial charge in [-0.05, 0) is 30.7 Å². The van der Waals surface area contributed by atoms with Crippen LogP contribution in [0.5, 0.6) is 0 Å². The van der Waals surface area contributed by atoms with E-state index in [-0.39, 0.29) is 49.3 Å². The van der Waals surface area contributed by atoms with Crippen LogP contribution in [-0.4, -0.2) is 60.9 Å². The summed E-state index contributed by atoms with van der Waals surface area (Å²) in [6, 6.07) is 6.70. The Labute approximate surface area is 170 Å². The molecule has 0 saturated carbocycles. The summed E-state index contributed by atoms with van der Waals surface area (Å²) in [5.41, 5.74) is 1.07. The van der Waals surface area contributed by atoms with Crippen LogP contribution in [0.3, 0.4) is 0 Å². The van der Waals surface area contributed by atoms with E-state index in [1.54, 1.807) is 24.3 Å². The maximum absolute atomic E-state index is 12.1. The van der Waals surface area contributed by atoms with Crippen molar-refractivity contribution in [2.24, 2.45) is 0 Å². The Morgan fingerprint density at radius 2 is 1.83 bits per heavy atom. The molecule has 0 radical (unpaired) electrons. The minimum absolute atomic E-state index is 0.00321. The number of hydrogen-bond donors (Lipinski definition) is 4. The monoisotopic (exact) mass is 403 g/mol. The van der Waals surface area contributed by atoms with Crippen LogP contribution in [0.15, 0.2) is 24.3 Å². The van der Waals surface area contributed by atoms with Gasteiger partial charge in [-0.25, -0.2) is 0 Å². The van der Waals surface area contributed by atoms with Crippen LogP contribution in [0.2, 0.25) is 0 Å². The first-order valence-electron chi connectivity index (χ1n) is 9.82. The molecule has 1 heterocycles. The van der Waals surface area contributed by atoms with Crippen molar-refractivity contribution in [3.63, 3.8) is 0 Å². The Morgan fingerprint density at radius 1 is 1.14 bits per heavy atom. The van der Waals surface area contributed by atoms with E-state index in [2.05, 4.69) is 28.2 Å². The topological polar surface area (TPSA) is 120 Å². The molecule has 29 heavy (non-hydrogen) atoms. The second-order valence-corrected chi connectivity index (χ2v) is 7.01. The molecule has 2 rings (SSSR count). The Balaban J connectivity index is 1.65. The van der Waals surface area contributed by atoms with Gasteiger partial charge in [0.05, 0.1) is 6.67 Å². The predicted octanol–water partition coefficient (Wildman–Crippen LogP) is 0.439. The molecule has 1 aromatic rings. The van der Waals surface area contributed by atoms with Gasteiger partial charge >= 0.3 is 0 Å². The molecule has 1 saturated heterocycles. The minimum atomic E-state index is -0.272. The molecule has 1 aliphatic rings. The molecule has 9 heteroatoms. The number of carbonyl (C=O) groups excluding carboxylic acids is 4. The van der Waals surface area contributed by atoms with E-state index in [1.165, 1.54) is 11.8 Å². The van der Waals surface area contributed by atoms with Gasteiger partial charge in [-0.15, -0.1) is 0 Å². The largest absolute Gasteiger partial charge is 0.353 e. The summed E-state index contributed by atoms with van der Waals surface area (Å²) < 4.78 is 0. The van der Waals surface area contributed by atoms with Crippen LogP contribution in [0.4, 0.5) is 5.69 Å². The molecular weight excluding hydrogens is 374 g/mol. The van der Waals surface area contributed by atoms with E-state index in [1.807, 2.05) is 0 Å². The van der Waals surface area contributed by atoms with Crippen LogP contribution >= 0.6 is 0 Å². The summed E-state index contributed by atoms with van der Waals surface area (Å²) in [4.78, 5) is 48.7. The van der Waals surface area contributed by atoms with Gasteiger partial charge in [0.25, 0.3) is 5.91 Å². The van der Waals surface area contributed by atoms with Crippen molar-refractivity contribution in [2.75, 3.05) is 31.6 Å². The van der Waals surface area contributed by atoms with Gasteiger partial charge in [-0.1, -0.05) is 13.3 Å². The summed E-state index contributed by atoms with van der Waals surface area (Å²) in [6.45, 7) is 4.40. The third kappa shape index (κ3) is 7.53. The Kier molecular flexibility index (Phi) is 8.60. The highest BCUT2D eigenvalue weighted by molar-refractivity contribution is 5.95. The van der Waals surface area contributed by atoms with Crippen LogP contribution < -0.4 is 21.3 Å². The normalized spacial score (nSPS) is 16.3. The molecule has 1 fully saturated rings. The van der Waals surface area contributed by atoms with Crippen molar-refractivity contribution in [3.05, 3.63) is 29.8 Å². The van der Waals surface area contributed by atoms with Crippen molar-refractivity contribution >= 4 is 29.3 Å². The highest BCUT2D eigenvalue weighted by Crippen LogP contribution is 2.10. The predicted molar refractivity (Wildman–Crippen MR) is 109 cm³/mol. The van der Waals surface area contributed by atoms with Gasteiger partial charge < -0.3 is 20.9 Å². The fraction of sp³-hybridized carbons (Fsp3) is 0.500. The number of nitrogens with zero attached hydrogens (tertiary/aromatic N) is 1. The van der Waals surface area contributed by atoms with Crippen LogP contribution in [0.1, 0.15) is 43.5 Å². The maximum Gasteiger partial charge on any atom is 0.251 e. The van der Waals surface area contributed by atoms with Crippen molar-refractivity contribution in [3.8, 4) is 0 Å². The van der Waals surface area contributed by atoms with E-state index in [0.29, 0.717) is 24.3 Å². The molecule has 0 aromatic heterocycles. The van der Waals surface area contributed by atoms with Crippen LogP contribution in [0, 0.1) is 0 Å². The summed E-state index contributed by atoms with van der Waals surface area (Å²) in [6.07, 6.45) is 2.37. The number of carbonyl (C=O) groups is 4. The SMILES string of the molecule is CCCC1CC(=O)N(CC(=O)NCCNC(=O)c2ccc(NC(C)=O)cc2)CN1. The zero-order valence-electron chi connectivity index (χ0n) is 16.9. The summed E-state index contributed by atoms with van der Waals surface area (Å²) in [5.74, 6) is -0.733. The highest BCUT2D eigenvalue weighted by Gasteiger charge is 2.25. The molecular formula is C20H29N5O4. The molecule has 0 bridgehead atoms. The first-order valence-corrected chi connectivity index (χ1v) is 9.82. The maximum atomic E-state index is 12.1. The van der Waals surface area contributed by atoms with Gasteiger partial charge in [-0.2, -0.15) is 0 Å². The lowest BCUT2D eigenvalue weighted by molar-refractivity contribution is -0.139. The molecule has 9 nitrogen and oxygen atoms in total. The third-order valence-corrected chi connectivity index (χ3v) is 4.52. The Hall–Kier alpha value is -2.94. The fourth-order valence-corrected chi connectivity index (χ4v) is 3.05. The first kappa shape index (κ1) is 22.4. The van der Waals surface area contributed by atoms with E-state index in [4.69, 9.17) is 0 Å². The van der Waals surface area contributed by atoms with E-state index < -0.39 is 0 Å². The molecule has 1 unspecified atom stereocenters. The summed E-state index contributed by atoms with van der Waals surface area (Å²) in [7, 11) is 0. The van der Waals surface area contributed by atoms with Crippen molar-refractivity contribution < 1.29 is 19.2 Å². The zero-order chi connectivity index (χ0) is 21.2. The molecule has 1 aromatic carbocycles. The van der Waals surface area contributed by atoms with E-state index in [0.717, 1.165) is 12.8 Å². The van der Waals surface area contributed by atoms with Gasteiger partial charge in [0, 0.05) is 43.7 Å². The Bertz CT molecular complexity index is 735. The lowest BCUT2D eigenvalue weighted by Gasteiger charge is -2.32. The summed E-state index contributed by atoms with van der Waals surface area (Å²) in [5, 5.41) is 11.3. The van der Waals surface area contributed by atoms with Crippen molar-refractivity contribution in [1.29, 1.82) is 0 Å². The molecule has 1 atom stereocenters. The molecule has 4 amide bonds. The fourth-order valence-electron chi connectivity index (χ4n) is 3.05. The van der Waals surface area contributed by atoms with Crippen molar-refractivity contribution in [2.45, 2.75) is 39.2 Å². The number of amides is 4. The average molecular weight is 403 g/mol. The highest BCUT2D eigenvalue weighted by atomic mass is 16.2. The first-order chi connectivity index (χ1) is 13.9. The number of nitrogens with one attached hydrogen (secondary N) is 4. The second kappa shape index (κ2) is 11.2. The third-order valence-electron chi connectivity index (χ3n) is 4.52. The number of anilines is 1. The molecule has 0 spiro atoms. The number of hydrogen-bond acceptors (Lipinski definition) is 5. The Morgan fingerprint density at radius 3 is 2.45 bits per heavy atom. The standard InChI is InChI=1S/C20H29N5O4/c1-3-4-17-11-19(28)25(13-23-17)12-18(27)21-9-10-22-20(29)15-5-7-16(8-6-15)24-14(2)26/h5-8,17,23H,3-4,9-13H2,1-2H3,(H,21,27)(H,22,29)(H,24,26). The average Bonchev–Trinajstić information content (AvgIpc) is 2.67. The molecule has 158 valence electrons. The zero-order valence-corrected chi connectivity index (χ0v) is 16.9. The van der Waals surface area contributed by atoms with Gasteiger partial charge in [0.1, 0.15) is 6.54 Å². The van der Waals surface area contributed by atoms with Crippen molar-refractivity contribution in [1.82, 2.24) is 20.9 Å². The van der Waals surface area contributed by atoms with Gasteiger partial charge in [0.15, 0.2) is 0 Å². The van der Waals surface area contributed by atoms with Crippen LogP contribution in [-0.2, 0) is 14.4 Å². The van der Waals surface area contributed by atoms with Gasteiger partial charge in [-0.3, -0.25) is 24.5 Å².